The summed E-state index contributed by atoms with van der Waals surface area (Å²) in [5, 5.41) is 0. The molecule has 3 heterocycles. The molecule has 0 radical (unpaired) electrons. The van der Waals surface area contributed by atoms with Gasteiger partial charge in [0.2, 0.25) is 5.92 Å². The van der Waals surface area contributed by atoms with Crippen molar-refractivity contribution < 1.29 is 13.5 Å². The van der Waals surface area contributed by atoms with Crippen LogP contribution in [0.25, 0.3) is 0 Å². The van der Waals surface area contributed by atoms with Gasteiger partial charge in [-0.05, 0) is 29.0 Å². The van der Waals surface area contributed by atoms with Crippen LogP contribution in [-0.2, 0) is 0 Å². The van der Waals surface area contributed by atoms with Crippen LogP contribution in [0, 0.1) is 11.3 Å². The first kappa shape index (κ1) is 15.6. The average Bonchev–Trinajstić information content (AvgIpc) is 2.37. The molecule has 1 aromatic rings. The van der Waals surface area contributed by atoms with Gasteiger partial charge in [0.05, 0.1) is 6.61 Å². The average molecular weight is 388 g/mol. The van der Waals surface area contributed by atoms with Crippen molar-refractivity contribution in [1.29, 1.82) is 0 Å². The lowest BCUT2D eigenvalue weighted by Crippen LogP contribution is -2.66. The molecule has 4 rings (SSSR count). The Morgan fingerprint density at radius 3 is 2.65 bits per heavy atom. The lowest BCUT2D eigenvalue weighted by molar-refractivity contribution is -0.170. The number of aromatic nitrogens is 1. The molecule has 1 saturated carbocycles. The largest absolute Gasteiger partial charge is 0.489 e. The Hall–Kier alpha value is -0.950. The van der Waals surface area contributed by atoms with Gasteiger partial charge in [-0.25, -0.2) is 13.8 Å². The minimum Gasteiger partial charge on any atom is -0.489 e. The second-order valence-electron chi connectivity index (χ2n) is 7.44. The van der Waals surface area contributed by atoms with Crippen molar-refractivity contribution in [1.82, 2.24) is 9.88 Å². The van der Waals surface area contributed by atoms with E-state index in [0.29, 0.717) is 25.6 Å². The van der Waals surface area contributed by atoms with Crippen LogP contribution >= 0.6 is 15.9 Å². The Bertz CT molecular complexity index is 605. The number of anilines is 1. The zero-order valence-electron chi connectivity index (χ0n) is 13.1. The summed E-state index contributed by atoms with van der Waals surface area (Å²) in [7, 11) is 2.09. The summed E-state index contributed by atoms with van der Waals surface area (Å²) in [6.45, 7) is 4.09. The lowest BCUT2D eigenvalue weighted by Gasteiger charge is -2.59. The first-order valence-electron chi connectivity index (χ1n) is 7.94. The molecule has 1 aromatic heterocycles. The van der Waals surface area contributed by atoms with Crippen molar-refractivity contribution in [2.24, 2.45) is 11.3 Å². The molecule has 4 nitrogen and oxygen atoms in total. The highest BCUT2D eigenvalue weighted by atomic mass is 79.9. The van der Waals surface area contributed by atoms with Gasteiger partial charge in [0, 0.05) is 61.0 Å². The Labute approximate surface area is 142 Å². The summed E-state index contributed by atoms with van der Waals surface area (Å²) < 4.78 is 33.1. The topological polar surface area (TPSA) is 28.6 Å². The number of hydrogen-bond acceptors (Lipinski definition) is 4. The van der Waals surface area contributed by atoms with Gasteiger partial charge in [-0.15, -0.1) is 0 Å². The molecule has 0 amide bonds. The molecule has 126 valence electrons. The zero-order valence-corrected chi connectivity index (χ0v) is 14.7. The SMILES string of the molecule is CN1CC(COc2cc(Br)cnc2N2CC3(C2)CC(F)(F)C3)C1. The summed E-state index contributed by atoms with van der Waals surface area (Å²) in [6, 6.07) is 1.92. The summed E-state index contributed by atoms with van der Waals surface area (Å²) in [5.74, 6) is -0.383. The summed E-state index contributed by atoms with van der Waals surface area (Å²) >= 11 is 3.43. The van der Waals surface area contributed by atoms with E-state index in [1.165, 1.54) is 0 Å². The predicted octanol–water partition coefficient (Wildman–Crippen LogP) is 3.02. The smallest absolute Gasteiger partial charge is 0.249 e. The fraction of sp³-hybridized carbons (Fsp3) is 0.688. The Balaban J connectivity index is 1.40. The van der Waals surface area contributed by atoms with Crippen LogP contribution < -0.4 is 9.64 Å². The van der Waals surface area contributed by atoms with E-state index < -0.39 is 5.92 Å². The molecule has 7 heteroatoms. The lowest BCUT2D eigenvalue weighted by atomic mass is 9.61. The molecule has 0 atom stereocenters. The highest BCUT2D eigenvalue weighted by Gasteiger charge is 2.62. The van der Waals surface area contributed by atoms with Crippen molar-refractivity contribution in [2.45, 2.75) is 18.8 Å². The van der Waals surface area contributed by atoms with Gasteiger partial charge in [0.1, 0.15) is 0 Å². The van der Waals surface area contributed by atoms with E-state index in [4.69, 9.17) is 4.74 Å². The van der Waals surface area contributed by atoms with E-state index in [0.717, 1.165) is 29.1 Å². The fourth-order valence-electron chi connectivity index (χ4n) is 4.08. The maximum absolute atomic E-state index is 13.1. The molecular formula is C16H20BrF2N3O. The molecule has 0 unspecified atom stereocenters. The number of hydrogen-bond donors (Lipinski definition) is 0. The minimum atomic E-state index is -2.46. The third-order valence-electron chi connectivity index (χ3n) is 5.03. The molecule has 23 heavy (non-hydrogen) atoms. The predicted molar refractivity (Wildman–Crippen MR) is 87.2 cm³/mol. The minimum absolute atomic E-state index is 0.0115. The number of likely N-dealkylation sites (tertiary alicyclic amines) is 1. The standard InChI is InChI=1S/C16H20BrF2N3O/c1-21-4-11(5-21)6-23-13-2-12(17)3-20-14(13)22-9-15(10-22)7-16(18,19)8-15/h2-3,11H,4-10H2,1H3. The summed E-state index contributed by atoms with van der Waals surface area (Å²) in [5.41, 5.74) is -0.202. The third kappa shape index (κ3) is 2.93. The van der Waals surface area contributed by atoms with E-state index in [-0.39, 0.29) is 18.3 Å². The summed E-state index contributed by atoms with van der Waals surface area (Å²) in [4.78, 5) is 8.77. The van der Waals surface area contributed by atoms with Crippen LogP contribution in [0.4, 0.5) is 14.6 Å². The number of alkyl halides is 2. The number of halogens is 3. The highest BCUT2D eigenvalue weighted by molar-refractivity contribution is 9.10. The van der Waals surface area contributed by atoms with Gasteiger partial charge in [-0.2, -0.15) is 0 Å². The fourth-order valence-corrected chi connectivity index (χ4v) is 4.39. The third-order valence-corrected chi connectivity index (χ3v) is 5.47. The molecule has 0 N–H and O–H groups in total. The molecule has 1 spiro atoms. The van der Waals surface area contributed by atoms with Gasteiger partial charge in [-0.3, -0.25) is 0 Å². The van der Waals surface area contributed by atoms with Gasteiger partial charge >= 0.3 is 0 Å². The van der Waals surface area contributed by atoms with Crippen LogP contribution in [0.15, 0.2) is 16.7 Å². The summed E-state index contributed by atoms with van der Waals surface area (Å²) in [6.07, 6.45) is 1.76. The Morgan fingerprint density at radius 2 is 2.04 bits per heavy atom. The van der Waals surface area contributed by atoms with Crippen LogP contribution in [-0.4, -0.2) is 55.6 Å². The van der Waals surface area contributed by atoms with Crippen LogP contribution in [0.3, 0.4) is 0 Å². The van der Waals surface area contributed by atoms with Crippen molar-refractivity contribution in [3.63, 3.8) is 0 Å². The Morgan fingerprint density at radius 1 is 1.35 bits per heavy atom. The number of ether oxygens (including phenoxy) is 1. The highest BCUT2D eigenvalue weighted by Crippen LogP contribution is 2.57. The van der Waals surface area contributed by atoms with Crippen LogP contribution in [0.1, 0.15) is 12.8 Å². The van der Waals surface area contributed by atoms with E-state index in [9.17, 15) is 8.78 Å². The first-order valence-corrected chi connectivity index (χ1v) is 8.73. The van der Waals surface area contributed by atoms with Gasteiger partial charge in [0.15, 0.2) is 11.6 Å². The van der Waals surface area contributed by atoms with E-state index >= 15 is 0 Å². The Kier molecular flexibility index (Phi) is 3.57. The van der Waals surface area contributed by atoms with E-state index in [1.54, 1.807) is 6.20 Å². The van der Waals surface area contributed by atoms with Gasteiger partial charge < -0.3 is 14.5 Å². The van der Waals surface area contributed by atoms with Crippen molar-refractivity contribution in [3.8, 4) is 5.75 Å². The quantitative estimate of drug-likeness (QED) is 0.793. The number of nitrogens with zero attached hydrogens (tertiary/aromatic N) is 3. The molecule has 1 aliphatic carbocycles. The van der Waals surface area contributed by atoms with Crippen LogP contribution in [0.2, 0.25) is 0 Å². The van der Waals surface area contributed by atoms with Gasteiger partial charge in [-0.1, -0.05) is 0 Å². The van der Waals surface area contributed by atoms with Crippen molar-refractivity contribution in [2.75, 3.05) is 44.7 Å². The zero-order chi connectivity index (χ0) is 16.2. The molecule has 3 fully saturated rings. The van der Waals surface area contributed by atoms with Crippen molar-refractivity contribution in [3.05, 3.63) is 16.7 Å². The number of pyridine rings is 1. The second-order valence-corrected chi connectivity index (χ2v) is 8.35. The monoisotopic (exact) mass is 387 g/mol. The maximum atomic E-state index is 13.1. The molecular weight excluding hydrogens is 368 g/mol. The molecule has 3 aliphatic rings. The molecule has 2 saturated heterocycles. The molecule has 0 aromatic carbocycles. The number of rotatable bonds is 4. The second kappa shape index (κ2) is 5.28. The molecule has 0 bridgehead atoms. The van der Waals surface area contributed by atoms with Crippen LogP contribution in [0.5, 0.6) is 5.75 Å². The first-order chi connectivity index (χ1) is 10.8. The maximum Gasteiger partial charge on any atom is 0.249 e. The normalized spacial score (nSPS) is 25.7. The van der Waals surface area contributed by atoms with E-state index in [1.807, 2.05) is 6.07 Å². The van der Waals surface area contributed by atoms with Gasteiger partial charge in [0.25, 0.3) is 0 Å². The van der Waals surface area contributed by atoms with E-state index in [2.05, 4.69) is 37.8 Å². The van der Waals surface area contributed by atoms with Crippen molar-refractivity contribution >= 4 is 21.7 Å². The molecule has 2 aliphatic heterocycles.